The number of nitrogens with one attached hydrogen (secondary N) is 1. The van der Waals surface area contributed by atoms with E-state index in [4.69, 9.17) is 17.0 Å². The molecular weight excluding hydrogens is 350 g/mol. The quantitative estimate of drug-likeness (QED) is 0.545. The SMILES string of the molecule is COc1ccccc1N=Cc1c(O)n(-c2ccccc2C)c(=S)[nH]c1=O. The molecule has 2 N–H and O–H groups in total. The van der Waals surface area contributed by atoms with E-state index in [1.165, 1.54) is 17.9 Å². The van der Waals surface area contributed by atoms with Gasteiger partial charge in [0.2, 0.25) is 5.88 Å². The Morgan fingerprint density at radius 1 is 1.19 bits per heavy atom. The largest absolute Gasteiger partial charge is 0.494 e. The van der Waals surface area contributed by atoms with Crippen LogP contribution in [0.15, 0.2) is 58.3 Å². The maximum Gasteiger partial charge on any atom is 0.264 e. The molecule has 0 atom stereocenters. The van der Waals surface area contributed by atoms with Crippen molar-refractivity contribution in [2.24, 2.45) is 4.99 Å². The molecule has 0 unspecified atom stereocenters. The van der Waals surface area contributed by atoms with Crippen LogP contribution in [-0.4, -0.2) is 28.0 Å². The molecule has 0 aliphatic carbocycles. The van der Waals surface area contributed by atoms with Crippen molar-refractivity contribution in [2.75, 3.05) is 7.11 Å². The fraction of sp³-hybridized carbons (Fsp3) is 0.105. The molecule has 0 fully saturated rings. The van der Waals surface area contributed by atoms with Crippen LogP contribution in [0.5, 0.6) is 11.6 Å². The average molecular weight is 367 g/mol. The summed E-state index contributed by atoms with van der Waals surface area (Å²) >= 11 is 5.23. The van der Waals surface area contributed by atoms with Crippen molar-refractivity contribution >= 4 is 24.1 Å². The van der Waals surface area contributed by atoms with E-state index in [0.717, 1.165) is 5.56 Å². The summed E-state index contributed by atoms with van der Waals surface area (Å²) in [5.41, 5.74) is 1.61. The van der Waals surface area contributed by atoms with Crippen LogP contribution in [0, 0.1) is 11.7 Å². The molecule has 2 aromatic carbocycles. The molecule has 1 heterocycles. The highest BCUT2D eigenvalue weighted by atomic mass is 32.1. The van der Waals surface area contributed by atoms with Crippen molar-refractivity contribution < 1.29 is 9.84 Å². The number of aromatic amines is 1. The number of rotatable bonds is 4. The van der Waals surface area contributed by atoms with Gasteiger partial charge in [0.1, 0.15) is 17.0 Å². The van der Waals surface area contributed by atoms with E-state index in [1.54, 1.807) is 18.2 Å². The number of benzene rings is 2. The standard InChI is InChI=1S/C19H17N3O3S/c1-12-7-3-5-9-15(12)22-18(24)13(17(23)21-19(22)26)11-20-14-8-4-6-10-16(14)25-2/h3-11,24H,1-2H3,(H,21,23,26). The first kappa shape index (κ1) is 17.6. The van der Waals surface area contributed by atoms with Crippen LogP contribution in [0.2, 0.25) is 0 Å². The lowest BCUT2D eigenvalue weighted by Gasteiger charge is -2.13. The van der Waals surface area contributed by atoms with E-state index < -0.39 is 5.56 Å². The van der Waals surface area contributed by atoms with E-state index in [9.17, 15) is 9.90 Å². The van der Waals surface area contributed by atoms with Gasteiger partial charge in [-0.15, -0.1) is 0 Å². The third-order valence-electron chi connectivity index (χ3n) is 3.90. The number of nitrogens with zero attached hydrogens (tertiary/aromatic N) is 2. The van der Waals surface area contributed by atoms with Crippen LogP contribution in [0.4, 0.5) is 5.69 Å². The molecule has 0 aliphatic rings. The Balaban J connectivity index is 2.16. The summed E-state index contributed by atoms with van der Waals surface area (Å²) in [7, 11) is 1.54. The van der Waals surface area contributed by atoms with Gasteiger partial charge in [0.05, 0.1) is 12.8 Å². The molecule has 0 aliphatic heterocycles. The lowest BCUT2D eigenvalue weighted by atomic mass is 10.2. The predicted molar refractivity (Wildman–Crippen MR) is 104 cm³/mol. The number of hydrogen-bond donors (Lipinski definition) is 2. The number of ether oxygens (including phenoxy) is 1. The van der Waals surface area contributed by atoms with E-state index in [-0.39, 0.29) is 16.2 Å². The molecule has 0 radical (unpaired) electrons. The number of para-hydroxylation sites is 3. The van der Waals surface area contributed by atoms with Crippen LogP contribution in [0.25, 0.3) is 5.69 Å². The molecule has 0 spiro atoms. The highest BCUT2D eigenvalue weighted by Crippen LogP contribution is 2.27. The number of H-pyrrole nitrogens is 1. The Kier molecular flexibility index (Phi) is 4.99. The summed E-state index contributed by atoms with van der Waals surface area (Å²) < 4.78 is 6.76. The van der Waals surface area contributed by atoms with Gasteiger partial charge in [0.15, 0.2) is 4.77 Å². The Hall–Kier alpha value is -3.19. The molecule has 26 heavy (non-hydrogen) atoms. The van der Waals surface area contributed by atoms with Crippen molar-refractivity contribution in [3.05, 3.63) is 74.8 Å². The minimum atomic E-state index is -0.518. The minimum Gasteiger partial charge on any atom is -0.494 e. The van der Waals surface area contributed by atoms with Crippen molar-refractivity contribution in [1.29, 1.82) is 0 Å². The summed E-state index contributed by atoms with van der Waals surface area (Å²) in [6.45, 7) is 1.89. The monoisotopic (exact) mass is 367 g/mol. The van der Waals surface area contributed by atoms with Gasteiger partial charge < -0.3 is 9.84 Å². The zero-order valence-corrected chi connectivity index (χ0v) is 15.1. The second-order valence-electron chi connectivity index (χ2n) is 5.55. The second kappa shape index (κ2) is 7.37. The highest BCUT2D eigenvalue weighted by molar-refractivity contribution is 7.71. The summed E-state index contributed by atoms with van der Waals surface area (Å²) in [4.78, 5) is 19.1. The van der Waals surface area contributed by atoms with Crippen molar-refractivity contribution in [3.8, 4) is 17.3 Å². The fourth-order valence-electron chi connectivity index (χ4n) is 2.56. The third kappa shape index (κ3) is 3.29. The third-order valence-corrected chi connectivity index (χ3v) is 4.18. The van der Waals surface area contributed by atoms with Crippen LogP contribution < -0.4 is 10.3 Å². The minimum absolute atomic E-state index is 0.00718. The van der Waals surface area contributed by atoms with Gasteiger partial charge in [-0.3, -0.25) is 19.3 Å². The van der Waals surface area contributed by atoms with E-state index in [0.29, 0.717) is 17.1 Å². The average Bonchev–Trinajstić information content (AvgIpc) is 2.63. The van der Waals surface area contributed by atoms with E-state index in [2.05, 4.69) is 9.98 Å². The van der Waals surface area contributed by atoms with Crippen LogP contribution in [0.1, 0.15) is 11.1 Å². The zero-order valence-electron chi connectivity index (χ0n) is 14.3. The van der Waals surface area contributed by atoms with Gasteiger partial charge in [0, 0.05) is 6.21 Å². The number of aryl methyl sites for hydroxylation is 1. The van der Waals surface area contributed by atoms with Crippen LogP contribution >= 0.6 is 12.2 Å². The molecule has 0 saturated heterocycles. The zero-order chi connectivity index (χ0) is 18.7. The highest BCUT2D eigenvalue weighted by Gasteiger charge is 2.14. The smallest absolute Gasteiger partial charge is 0.264 e. The van der Waals surface area contributed by atoms with Gasteiger partial charge >= 0.3 is 0 Å². The Morgan fingerprint density at radius 3 is 2.62 bits per heavy atom. The van der Waals surface area contributed by atoms with E-state index in [1.807, 2.05) is 37.3 Å². The molecule has 1 aromatic heterocycles. The number of aromatic nitrogens is 2. The number of aliphatic imine (C=N–C) groups is 1. The molecule has 7 heteroatoms. The van der Waals surface area contributed by atoms with Crippen molar-refractivity contribution in [1.82, 2.24) is 9.55 Å². The summed E-state index contributed by atoms with van der Waals surface area (Å²) in [5, 5.41) is 10.7. The number of methoxy groups -OCH3 is 1. The molecule has 132 valence electrons. The summed E-state index contributed by atoms with van der Waals surface area (Å²) in [5.74, 6) is 0.290. The van der Waals surface area contributed by atoms with E-state index >= 15 is 0 Å². The first-order valence-corrected chi connectivity index (χ1v) is 8.25. The molecule has 3 rings (SSSR count). The molecule has 3 aromatic rings. The summed E-state index contributed by atoms with van der Waals surface area (Å²) in [6, 6.07) is 14.6. The normalized spacial score (nSPS) is 11.0. The van der Waals surface area contributed by atoms with Gasteiger partial charge in [-0.2, -0.15) is 0 Å². The molecule has 0 amide bonds. The Bertz CT molecular complexity index is 1100. The lowest BCUT2D eigenvalue weighted by Crippen LogP contribution is -2.18. The van der Waals surface area contributed by atoms with Gasteiger partial charge in [-0.25, -0.2) is 0 Å². The predicted octanol–water partition coefficient (Wildman–Crippen LogP) is 3.67. The van der Waals surface area contributed by atoms with Gasteiger partial charge in [-0.1, -0.05) is 30.3 Å². The maximum absolute atomic E-state index is 12.3. The molecule has 6 nitrogen and oxygen atoms in total. The second-order valence-corrected chi connectivity index (χ2v) is 5.94. The first-order valence-electron chi connectivity index (χ1n) is 7.84. The maximum atomic E-state index is 12.3. The molecular formula is C19H17N3O3S. The lowest BCUT2D eigenvalue weighted by molar-refractivity contribution is 0.416. The van der Waals surface area contributed by atoms with Crippen molar-refractivity contribution in [2.45, 2.75) is 6.92 Å². The van der Waals surface area contributed by atoms with Crippen LogP contribution in [-0.2, 0) is 0 Å². The van der Waals surface area contributed by atoms with Gasteiger partial charge in [0.25, 0.3) is 5.56 Å². The molecule has 0 saturated carbocycles. The molecule has 0 bridgehead atoms. The Labute approximate surface area is 155 Å². The first-order chi connectivity index (χ1) is 12.5. The number of aromatic hydroxyl groups is 1. The topological polar surface area (TPSA) is 79.6 Å². The van der Waals surface area contributed by atoms with Crippen LogP contribution in [0.3, 0.4) is 0 Å². The summed E-state index contributed by atoms with van der Waals surface area (Å²) in [6.07, 6.45) is 1.30. The Morgan fingerprint density at radius 2 is 1.88 bits per heavy atom. The number of hydrogen-bond acceptors (Lipinski definition) is 5. The van der Waals surface area contributed by atoms with Crippen molar-refractivity contribution in [3.63, 3.8) is 0 Å². The van der Waals surface area contributed by atoms with Gasteiger partial charge in [-0.05, 0) is 42.9 Å². The fourth-order valence-corrected chi connectivity index (χ4v) is 2.84.